The third-order valence-electron chi connectivity index (χ3n) is 7.50. The summed E-state index contributed by atoms with van der Waals surface area (Å²) in [6, 6.07) is 5.91. The molecule has 1 aromatic heterocycles. The average Bonchev–Trinajstić information content (AvgIpc) is 3.40. The Balaban J connectivity index is 1.33. The summed E-state index contributed by atoms with van der Waals surface area (Å²) in [5, 5.41) is 13.3. The maximum atomic E-state index is 13.5. The van der Waals surface area contributed by atoms with Crippen LogP contribution in [-0.4, -0.2) is 63.1 Å². The maximum absolute atomic E-state index is 13.5. The van der Waals surface area contributed by atoms with Crippen molar-refractivity contribution < 1.29 is 18.0 Å². The molecule has 2 saturated heterocycles. The number of halogens is 3. The van der Waals surface area contributed by atoms with Gasteiger partial charge >= 0.3 is 6.18 Å². The largest absolute Gasteiger partial charge is 0.416 e. The van der Waals surface area contributed by atoms with Gasteiger partial charge in [-0.1, -0.05) is 30.0 Å². The molecule has 0 radical (unpaired) electrons. The fraction of sp³-hybridized carbons (Fsp3) is 0.560. The van der Waals surface area contributed by atoms with Gasteiger partial charge in [0.25, 0.3) is 5.91 Å². The Bertz CT molecular complexity index is 1100. The Morgan fingerprint density at radius 1 is 1.03 bits per heavy atom. The van der Waals surface area contributed by atoms with Gasteiger partial charge in [0.05, 0.1) is 29.1 Å². The van der Waals surface area contributed by atoms with E-state index in [1.54, 1.807) is 17.2 Å². The Hall–Kier alpha value is -2.49. The van der Waals surface area contributed by atoms with Gasteiger partial charge in [-0.2, -0.15) is 18.3 Å². The van der Waals surface area contributed by atoms with Crippen molar-refractivity contribution in [2.24, 2.45) is 0 Å². The summed E-state index contributed by atoms with van der Waals surface area (Å²) in [6.07, 6.45) is 3.51. The van der Waals surface area contributed by atoms with E-state index >= 15 is 0 Å². The topological polar surface area (TPSA) is 65.2 Å². The zero-order valence-electron chi connectivity index (χ0n) is 19.7. The molecule has 1 aromatic carbocycles. The first kappa shape index (κ1) is 24.2. The lowest BCUT2D eigenvalue weighted by Crippen LogP contribution is -2.38. The van der Waals surface area contributed by atoms with E-state index < -0.39 is 11.7 Å². The summed E-state index contributed by atoms with van der Waals surface area (Å²) >= 11 is 1.44. The number of likely N-dealkylation sites (tertiary alicyclic amines) is 2. The predicted octanol–water partition coefficient (Wildman–Crippen LogP) is 5.34. The average molecular weight is 506 g/mol. The molecule has 1 amide bonds. The van der Waals surface area contributed by atoms with Crippen LogP contribution < -0.4 is 0 Å². The maximum Gasteiger partial charge on any atom is 0.416 e. The van der Waals surface area contributed by atoms with Crippen molar-refractivity contribution in [1.29, 1.82) is 5.41 Å². The minimum atomic E-state index is -4.40. The number of piperidine rings is 1. The smallest absolute Gasteiger partial charge is 0.352 e. The Labute approximate surface area is 207 Å². The van der Waals surface area contributed by atoms with Crippen LogP contribution in [0.3, 0.4) is 0 Å². The Morgan fingerprint density at radius 2 is 1.71 bits per heavy atom. The molecule has 0 unspecified atom stereocenters. The van der Waals surface area contributed by atoms with Crippen molar-refractivity contribution in [2.45, 2.75) is 56.2 Å². The molecule has 1 N–H and O–H groups in total. The van der Waals surface area contributed by atoms with Crippen LogP contribution in [0.1, 0.15) is 77.2 Å². The van der Waals surface area contributed by atoms with Crippen LogP contribution in [0.5, 0.6) is 0 Å². The van der Waals surface area contributed by atoms with Gasteiger partial charge in [0.2, 0.25) is 0 Å². The van der Waals surface area contributed by atoms with Crippen LogP contribution >= 0.6 is 11.8 Å². The van der Waals surface area contributed by atoms with Crippen molar-refractivity contribution in [3.8, 4) is 0 Å². The van der Waals surface area contributed by atoms with Gasteiger partial charge in [0.15, 0.2) is 5.17 Å². The number of hydrogen-bond acceptors (Lipinski definition) is 4. The van der Waals surface area contributed by atoms with E-state index in [9.17, 15) is 18.0 Å². The molecule has 2 aliphatic heterocycles. The number of thioether (sulfide) groups is 1. The fourth-order valence-electron chi connectivity index (χ4n) is 5.51. The molecule has 35 heavy (non-hydrogen) atoms. The van der Waals surface area contributed by atoms with Crippen LogP contribution in [0, 0.1) is 5.41 Å². The van der Waals surface area contributed by atoms with Gasteiger partial charge in [-0.25, -0.2) is 0 Å². The van der Waals surface area contributed by atoms with Crippen molar-refractivity contribution in [1.82, 2.24) is 19.6 Å². The van der Waals surface area contributed by atoms with Gasteiger partial charge in [0, 0.05) is 38.0 Å². The Kier molecular flexibility index (Phi) is 6.59. The summed E-state index contributed by atoms with van der Waals surface area (Å²) < 4.78 is 42.6. The molecule has 6 nitrogen and oxygen atoms in total. The highest BCUT2D eigenvalue weighted by molar-refractivity contribution is 8.13. The van der Waals surface area contributed by atoms with Crippen molar-refractivity contribution in [2.75, 3.05) is 32.4 Å². The lowest BCUT2D eigenvalue weighted by Gasteiger charge is -2.33. The number of amidine groups is 1. The fourth-order valence-corrected chi connectivity index (χ4v) is 5.95. The molecular formula is C25H30F3N5OS. The van der Waals surface area contributed by atoms with Crippen LogP contribution in [-0.2, 0) is 6.18 Å². The number of carbonyl (C=O) groups excluding carboxylic acids is 1. The number of benzene rings is 1. The van der Waals surface area contributed by atoms with E-state index in [1.807, 2.05) is 10.9 Å². The van der Waals surface area contributed by atoms with Crippen LogP contribution in [0.25, 0.3) is 0 Å². The number of carbonyl (C=O) groups is 1. The first-order chi connectivity index (χ1) is 16.8. The lowest BCUT2D eigenvalue weighted by molar-refractivity contribution is -0.138. The molecule has 10 heteroatoms. The minimum Gasteiger partial charge on any atom is -0.352 e. The molecule has 0 bridgehead atoms. The van der Waals surface area contributed by atoms with Gasteiger partial charge in [-0.05, 0) is 50.0 Å². The van der Waals surface area contributed by atoms with E-state index in [1.165, 1.54) is 23.9 Å². The zero-order valence-corrected chi connectivity index (χ0v) is 20.5. The standard InChI is InChI=1S/C25H30F3N5OS/c1-35-24(29)31-12-9-18(10-13-31)33-22(16-6-7-16)20(14-30-33)23(34)32-11-8-17(15-32)19-4-2-3-5-21(19)25(26,27)28/h2-5,14,16-18,29H,6-13,15H2,1H3/t17-/m1/s1. The van der Waals surface area contributed by atoms with Gasteiger partial charge in [-0.3, -0.25) is 14.9 Å². The first-order valence-electron chi connectivity index (χ1n) is 12.2. The number of aromatic nitrogens is 2. The lowest BCUT2D eigenvalue weighted by atomic mass is 9.93. The summed E-state index contributed by atoms with van der Waals surface area (Å²) in [6.45, 7) is 2.32. The SMILES string of the molecule is CSC(=N)N1CCC(n2ncc(C(=O)N3CC[C@@H](c4ccccc4C(F)(F)F)C3)c2C2CC2)CC1. The quantitative estimate of drug-likeness (QED) is 0.450. The third-order valence-corrected chi connectivity index (χ3v) is 8.15. The summed E-state index contributed by atoms with van der Waals surface area (Å²) in [7, 11) is 0. The molecule has 1 atom stereocenters. The third kappa shape index (κ3) is 4.81. The second kappa shape index (κ2) is 9.52. The molecule has 2 aromatic rings. The normalized spacial score (nSPS) is 21.5. The van der Waals surface area contributed by atoms with Gasteiger partial charge in [-0.15, -0.1) is 0 Å². The molecule has 188 valence electrons. The van der Waals surface area contributed by atoms with Crippen molar-refractivity contribution >= 4 is 22.8 Å². The van der Waals surface area contributed by atoms with E-state index in [4.69, 9.17) is 5.41 Å². The molecule has 1 saturated carbocycles. The molecular weight excluding hydrogens is 475 g/mol. The molecule has 3 heterocycles. The summed E-state index contributed by atoms with van der Waals surface area (Å²) in [4.78, 5) is 17.3. The first-order valence-corrected chi connectivity index (χ1v) is 13.4. The van der Waals surface area contributed by atoms with Crippen LogP contribution in [0.15, 0.2) is 30.5 Å². The number of nitrogens with zero attached hydrogens (tertiary/aromatic N) is 4. The molecule has 1 aliphatic carbocycles. The highest BCUT2D eigenvalue weighted by atomic mass is 32.2. The van der Waals surface area contributed by atoms with E-state index in [-0.39, 0.29) is 30.0 Å². The molecule has 0 spiro atoms. The van der Waals surface area contributed by atoms with Crippen molar-refractivity contribution in [3.05, 3.63) is 52.8 Å². The molecule has 5 rings (SSSR count). The Morgan fingerprint density at radius 3 is 2.37 bits per heavy atom. The van der Waals surface area contributed by atoms with E-state index in [0.29, 0.717) is 29.6 Å². The highest BCUT2D eigenvalue weighted by Gasteiger charge is 2.40. The minimum absolute atomic E-state index is 0.119. The number of nitrogens with one attached hydrogen (secondary N) is 1. The number of amides is 1. The zero-order chi connectivity index (χ0) is 24.7. The van der Waals surface area contributed by atoms with Gasteiger partial charge < -0.3 is 9.80 Å². The molecule has 3 aliphatic rings. The molecule has 3 fully saturated rings. The van der Waals surface area contributed by atoms with E-state index in [0.717, 1.165) is 50.5 Å². The van der Waals surface area contributed by atoms with Crippen molar-refractivity contribution in [3.63, 3.8) is 0 Å². The predicted molar refractivity (Wildman–Crippen MR) is 130 cm³/mol. The van der Waals surface area contributed by atoms with Crippen LogP contribution in [0.4, 0.5) is 13.2 Å². The number of hydrogen-bond donors (Lipinski definition) is 1. The number of alkyl halides is 3. The van der Waals surface area contributed by atoms with Gasteiger partial charge in [0.1, 0.15) is 0 Å². The van der Waals surface area contributed by atoms with Crippen LogP contribution in [0.2, 0.25) is 0 Å². The highest BCUT2D eigenvalue weighted by Crippen LogP contribution is 2.44. The number of rotatable bonds is 4. The second-order valence-electron chi connectivity index (χ2n) is 9.71. The monoisotopic (exact) mass is 505 g/mol. The summed E-state index contributed by atoms with van der Waals surface area (Å²) in [5.41, 5.74) is 1.27. The van der Waals surface area contributed by atoms with E-state index in [2.05, 4.69) is 10.00 Å². The second-order valence-corrected chi connectivity index (χ2v) is 10.5. The summed E-state index contributed by atoms with van der Waals surface area (Å²) in [5.74, 6) is -0.123.